The molecule has 1 amide bonds. The van der Waals surface area contributed by atoms with Crippen LogP contribution in [-0.4, -0.2) is 56.0 Å². The van der Waals surface area contributed by atoms with Gasteiger partial charge < -0.3 is 32.7 Å². The molecule has 0 radical (unpaired) electrons. The number of nitrogens with one attached hydrogen (secondary N) is 1. The number of nitro benzene ring substituents is 1. The molecule has 0 aliphatic carbocycles. The lowest BCUT2D eigenvalue weighted by Gasteiger charge is -2.23. The van der Waals surface area contributed by atoms with Crippen molar-refractivity contribution in [2.24, 2.45) is 5.73 Å². The van der Waals surface area contributed by atoms with Gasteiger partial charge >= 0.3 is 6.09 Å². The van der Waals surface area contributed by atoms with E-state index in [0.29, 0.717) is 24.1 Å². The average Bonchev–Trinajstić information content (AvgIpc) is 2.37. The Kier molecular flexibility index (Phi) is 8.52. The highest BCUT2D eigenvalue weighted by atomic mass is 35.5. The predicted octanol–water partition coefficient (Wildman–Crippen LogP) is -2.14. The van der Waals surface area contributed by atoms with E-state index < -0.39 is 17.2 Å². The fourth-order valence-electron chi connectivity index (χ4n) is 1.66. The summed E-state index contributed by atoms with van der Waals surface area (Å²) < 4.78 is 5.74. The van der Waals surface area contributed by atoms with Gasteiger partial charge in [-0.3, -0.25) is 10.1 Å². The van der Waals surface area contributed by atoms with Gasteiger partial charge in [0, 0.05) is 18.6 Å². The minimum Gasteiger partial charge on any atom is -1.00 e. The average molecular weight is 347 g/mol. The second kappa shape index (κ2) is 9.29. The minimum absolute atomic E-state index is 0. The molecular weight excluding hydrogens is 324 g/mol. The zero-order valence-corrected chi connectivity index (χ0v) is 14.2. The Morgan fingerprint density at radius 1 is 1.35 bits per heavy atom. The smallest absolute Gasteiger partial charge is 0.408 e. The lowest BCUT2D eigenvalue weighted by atomic mass is 10.1. The quantitative estimate of drug-likeness (QED) is 0.253. The zero-order chi connectivity index (χ0) is 16.8. The number of nitrogens with zero attached hydrogens (tertiary/aromatic N) is 2. The van der Waals surface area contributed by atoms with E-state index in [1.807, 2.05) is 21.1 Å². The van der Waals surface area contributed by atoms with E-state index in [1.54, 1.807) is 12.1 Å². The summed E-state index contributed by atoms with van der Waals surface area (Å²) >= 11 is 0. The third-order valence-corrected chi connectivity index (χ3v) is 2.90. The number of amides is 1. The van der Waals surface area contributed by atoms with Crippen LogP contribution in [0.2, 0.25) is 0 Å². The SMILES string of the molecule is C[N+](C)(C)CCOC(=O)NC(N)Cc1ccc([N+](=O)[O-])cc1.[Cl-]. The van der Waals surface area contributed by atoms with Gasteiger partial charge in [-0.15, -0.1) is 0 Å². The highest BCUT2D eigenvalue weighted by Gasteiger charge is 2.13. The van der Waals surface area contributed by atoms with Crippen molar-refractivity contribution < 1.29 is 31.3 Å². The number of hydrogen-bond donors (Lipinski definition) is 2. The number of ether oxygens (including phenoxy) is 1. The summed E-state index contributed by atoms with van der Waals surface area (Å²) in [6, 6.07) is 6.04. The van der Waals surface area contributed by atoms with E-state index in [1.165, 1.54) is 12.1 Å². The van der Waals surface area contributed by atoms with Gasteiger partial charge in [-0.05, 0) is 5.56 Å². The summed E-state index contributed by atoms with van der Waals surface area (Å²) in [4.78, 5) is 21.7. The summed E-state index contributed by atoms with van der Waals surface area (Å²) in [6.45, 7) is 1.00. The number of rotatable bonds is 7. The number of hydrogen-bond acceptors (Lipinski definition) is 5. The molecule has 1 atom stereocenters. The lowest BCUT2D eigenvalue weighted by molar-refractivity contribution is -0.870. The Labute approximate surface area is 141 Å². The molecule has 0 aromatic heterocycles. The second-order valence-electron chi connectivity index (χ2n) is 6.03. The van der Waals surface area contributed by atoms with Crippen LogP contribution >= 0.6 is 0 Å². The maximum absolute atomic E-state index is 11.6. The molecule has 23 heavy (non-hydrogen) atoms. The van der Waals surface area contributed by atoms with E-state index in [9.17, 15) is 14.9 Å². The second-order valence-corrected chi connectivity index (χ2v) is 6.03. The molecule has 1 rings (SSSR count). The van der Waals surface area contributed by atoms with Crippen LogP contribution < -0.4 is 23.5 Å². The summed E-state index contributed by atoms with van der Waals surface area (Å²) in [5, 5.41) is 13.1. The third kappa shape index (κ3) is 8.97. The Balaban J connectivity index is 0.00000484. The molecule has 0 aliphatic heterocycles. The Morgan fingerprint density at radius 3 is 2.39 bits per heavy atom. The number of likely N-dealkylation sites (N-methyl/N-ethyl adjacent to an activating group) is 1. The summed E-state index contributed by atoms with van der Waals surface area (Å²) in [7, 11) is 6.00. The lowest BCUT2D eigenvalue weighted by Crippen LogP contribution is -3.00. The van der Waals surface area contributed by atoms with Crippen LogP contribution in [0, 0.1) is 10.1 Å². The molecular formula is C14H23ClN4O4. The largest absolute Gasteiger partial charge is 1.00 e. The monoisotopic (exact) mass is 346 g/mol. The highest BCUT2D eigenvalue weighted by molar-refractivity contribution is 5.67. The zero-order valence-electron chi connectivity index (χ0n) is 13.5. The molecule has 0 spiro atoms. The summed E-state index contributed by atoms with van der Waals surface area (Å²) in [6.07, 6.45) is -0.816. The maximum Gasteiger partial charge on any atom is 0.408 e. The predicted molar refractivity (Wildman–Crippen MR) is 82.2 cm³/mol. The van der Waals surface area contributed by atoms with Crippen LogP contribution in [-0.2, 0) is 11.2 Å². The van der Waals surface area contributed by atoms with Crippen molar-refractivity contribution in [3.63, 3.8) is 0 Å². The fraction of sp³-hybridized carbons (Fsp3) is 0.500. The third-order valence-electron chi connectivity index (χ3n) is 2.90. The maximum atomic E-state index is 11.6. The molecule has 0 saturated carbocycles. The summed E-state index contributed by atoms with van der Waals surface area (Å²) in [5.41, 5.74) is 6.63. The van der Waals surface area contributed by atoms with Crippen molar-refractivity contribution in [3.05, 3.63) is 39.9 Å². The molecule has 0 aliphatic rings. The number of non-ortho nitro benzene ring substituents is 1. The van der Waals surface area contributed by atoms with Crippen molar-refractivity contribution in [1.82, 2.24) is 5.32 Å². The Bertz CT molecular complexity index is 517. The van der Waals surface area contributed by atoms with Crippen LogP contribution in [0.1, 0.15) is 5.56 Å². The van der Waals surface area contributed by atoms with E-state index in [4.69, 9.17) is 10.5 Å². The van der Waals surface area contributed by atoms with Crippen molar-refractivity contribution in [3.8, 4) is 0 Å². The number of quaternary nitrogens is 1. The number of nitrogens with two attached hydrogens (primary N) is 1. The normalized spacial score (nSPS) is 12.0. The van der Waals surface area contributed by atoms with Gasteiger partial charge in [-0.2, -0.15) is 0 Å². The number of carbonyl (C=O) groups excluding carboxylic acids is 1. The van der Waals surface area contributed by atoms with Crippen molar-refractivity contribution in [2.45, 2.75) is 12.6 Å². The van der Waals surface area contributed by atoms with Gasteiger partial charge in [0.15, 0.2) is 0 Å². The first kappa shape index (κ1) is 21.1. The van der Waals surface area contributed by atoms with Gasteiger partial charge in [0.05, 0.1) is 32.2 Å². The standard InChI is InChI=1S/C14H22N4O4.ClH/c1-18(2,3)8-9-22-14(19)16-13(15)10-11-4-6-12(7-5-11)17(20)21;/h4-7,13H,8-10,15H2,1-3H3;1H. The number of alkyl carbamates (subject to hydrolysis) is 1. The van der Waals surface area contributed by atoms with E-state index >= 15 is 0 Å². The minimum atomic E-state index is -0.613. The van der Waals surface area contributed by atoms with Crippen LogP contribution in [0.25, 0.3) is 0 Å². The first-order valence-corrected chi connectivity index (χ1v) is 6.90. The van der Waals surface area contributed by atoms with Crippen LogP contribution in [0.15, 0.2) is 24.3 Å². The number of carbonyl (C=O) groups is 1. The molecule has 0 bridgehead atoms. The molecule has 9 heteroatoms. The number of nitro groups is 1. The molecule has 1 aromatic rings. The topological polar surface area (TPSA) is 107 Å². The first-order valence-electron chi connectivity index (χ1n) is 6.90. The summed E-state index contributed by atoms with van der Waals surface area (Å²) in [5.74, 6) is 0. The molecule has 0 saturated heterocycles. The number of benzene rings is 1. The van der Waals surface area contributed by atoms with Gasteiger partial charge in [-0.25, -0.2) is 4.79 Å². The van der Waals surface area contributed by atoms with E-state index in [2.05, 4.69) is 5.32 Å². The highest BCUT2D eigenvalue weighted by Crippen LogP contribution is 2.12. The molecule has 8 nitrogen and oxygen atoms in total. The fourth-order valence-corrected chi connectivity index (χ4v) is 1.66. The van der Waals surface area contributed by atoms with Crippen LogP contribution in [0.4, 0.5) is 10.5 Å². The molecule has 1 aromatic carbocycles. The number of halogens is 1. The van der Waals surface area contributed by atoms with Gasteiger partial charge in [0.25, 0.3) is 5.69 Å². The van der Waals surface area contributed by atoms with E-state index in [0.717, 1.165) is 5.56 Å². The van der Waals surface area contributed by atoms with Crippen molar-refractivity contribution >= 4 is 11.8 Å². The molecule has 1 unspecified atom stereocenters. The molecule has 3 N–H and O–H groups in total. The Hall–Kier alpha value is -1.90. The molecule has 0 heterocycles. The molecule has 130 valence electrons. The van der Waals surface area contributed by atoms with Crippen LogP contribution in [0.5, 0.6) is 0 Å². The van der Waals surface area contributed by atoms with Gasteiger partial charge in [0.2, 0.25) is 0 Å². The van der Waals surface area contributed by atoms with Gasteiger partial charge in [0.1, 0.15) is 13.2 Å². The van der Waals surface area contributed by atoms with Gasteiger partial charge in [-0.1, -0.05) is 12.1 Å². The van der Waals surface area contributed by atoms with Crippen molar-refractivity contribution in [1.29, 1.82) is 0 Å². The Morgan fingerprint density at radius 2 is 1.91 bits per heavy atom. The van der Waals surface area contributed by atoms with Crippen LogP contribution in [0.3, 0.4) is 0 Å². The van der Waals surface area contributed by atoms with Crippen molar-refractivity contribution in [2.75, 3.05) is 34.3 Å². The first-order chi connectivity index (χ1) is 10.2. The molecule has 0 fully saturated rings. The van der Waals surface area contributed by atoms with E-state index in [-0.39, 0.29) is 18.1 Å².